The first kappa shape index (κ1) is 18.2. The summed E-state index contributed by atoms with van der Waals surface area (Å²) in [5, 5.41) is 3.40. The van der Waals surface area contributed by atoms with Gasteiger partial charge in [-0.05, 0) is 30.9 Å². The molecule has 1 saturated heterocycles. The first-order valence-corrected chi connectivity index (χ1v) is 7.28. The van der Waals surface area contributed by atoms with Gasteiger partial charge >= 0.3 is 0 Å². The van der Waals surface area contributed by atoms with Crippen molar-refractivity contribution in [1.82, 2.24) is 10.2 Å². The molecule has 2 rings (SSSR count). The van der Waals surface area contributed by atoms with Gasteiger partial charge in [-0.2, -0.15) is 0 Å². The molecule has 0 aliphatic carbocycles. The number of rotatable bonds is 4. The number of aryl methyl sites for hydroxylation is 1. The largest absolute Gasteiger partial charge is 0.376 e. The molecule has 1 fully saturated rings. The highest BCUT2D eigenvalue weighted by Gasteiger charge is 2.16. The van der Waals surface area contributed by atoms with Crippen LogP contribution in [0.2, 0.25) is 0 Å². The van der Waals surface area contributed by atoms with Gasteiger partial charge in [0.15, 0.2) is 5.96 Å². The Morgan fingerprint density at radius 2 is 2.19 bits per heavy atom. The van der Waals surface area contributed by atoms with Crippen LogP contribution in [0.5, 0.6) is 0 Å². The monoisotopic (exact) mass is 403 g/mol. The SMILES string of the molecule is CN=C(NCC1CCCO1)N(C)Cc1ccccc1C.I. The predicted molar refractivity (Wildman–Crippen MR) is 98.4 cm³/mol. The van der Waals surface area contributed by atoms with Crippen LogP contribution in [0.3, 0.4) is 0 Å². The van der Waals surface area contributed by atoms with E-state index in [1.165, 1.54) is 17.5 Å². The number of ether oxygens (including phenoxy) is 1. The number of guanidine groups is 1. The molecule has 0 spiro atoms. The first-order chi connectivity index (χ1) is 9.70. The second kappa shape index (κ2) is 9.25. The summed E-state index contributed by atoms with van der Waals surface area (Å²) in [5.74, 6) is 0.920. The molecule has 1 unspecified atom stereocenters. The average molecular weight is 403 g/mol. The lowest BCUT2D eigenvalue weighted by molar-refractivity contribution is 0.113. The lowest BCUT2D eigenvalue weighted by Crippen LogP contribution is -2.41. The van der Waals surface area contributed by atoms with Crippen molar-refractivity contribution in [3.63, 3.8) is 0 Å². The molecule has 1 heterocycles. The van der Waals surface area contributed by atoms with Crippen molar-refractivity contribution in [3.8, 4) is 0 Å². The number of nitrogens with one attached hydrogen (secondary N) is 1. The predicted octanol–water partition coefficient (Wildman–Crippen LogP) is 2.80. The highest BCUT2D eigenvalue weighted by molar-refractivity contribution is 14.0. The van der Waals surface area contributed by atoms with Gasteiger partial charge in [0.25, 0.3) is 0 Å². The maximum absolute atomic E-state index is 5.63. The summed E-state index contributed by atoms with van der Waals surface area (Å²) in [5.41, 5.74) is 2.64. The van der Waals surface area contributed by atoms with Gasteiger partial charge in [0, 0.05) is 33.8 Å². The van der Waals surface area contributed by atoms with Gasteiger partial charge in [-0.15, -0.1) is 24.0 Å². The van der Waals surface area contributed by atoms with Crippen LogP contribution in [0.15, 0.2) is 29.3 Å². The van der Waals surface area contributed by atoms with E-state index in [2.05, 4.69) is 53.4 Å². The van der Waals surface area contributed by atoms with Crippen molar-refractivity contribution in [2.45, 2.75) is 32.4 Å². The molecule has 1 aromatic carbocycles. The number of halogens is 1. The van der Waals surface area contributed by atoms with E-state index in [1.807, 2.05) is 7.05 Å². The standard InChI is InChI=1S/C16H25N3O.HI/c1-13-7-4-5-8-14(13)12-19(3)16(17-2)18-11-15-9-6-10-20-15;/h4-5,7-8,15H,6,9-12H2,1-3H3,(H,17,18);1H. The van der Waals surface area contributed by atoms with E-state index in [9.17, 15) is 0 Å². The van der Waals surface area contributed by atoms with E-state index in [1.54, 1.807) is 0 Å². The van der Waals surface area contributed by atoms with Gasteiger partial charge in [-0.25, -0.2) is 0 Å². The van der Waals surface area contributed by atoms with E-state index in [-0.39, 0.29) is 24.0 Å². The van der Waals surface area contributed by atoms with Gasteiger partial charge < -0.3 is 15.0 Å². The van der Waals surface area contributed by atoms with Crippen LogP contribution in [-0.2, 0) is 11.3 Å². The van der Waals surface area contributed by atoms with Gasteiger partial charge in [-0.1, -0.05) is 24.3 Å². The van der Waals surface area contributed by atoms with Crippen molar-refractivity contribution in [2.24, 2.45) is 4.99 Å². The van der Waals surface area contributed by atoms with Crippen molar-refractivity contribution < 1.29 is 4.74 Å². The molecule has 1 aromatic rings. The molecule has 0 amide bonds. The molecule has 118 valence electrons. The zero-order valence-electron chi connectivity index (χ0n) is 13.1. The third-order valence-corrected chi connectivity index (χ3v) is 3.75. The van der Waals surface area contributed by atoms with E-state index in [0.29, 0.717) is 6.10 Å². The highest BCUT2D eigenvalue weighted by Crippen LogP contribution is 2.12. The minimum absolute atomic E-state index is 0. The van der Waals surface area contributed by atoms with E-state index < -0.39 is 0 Å². The van der Waals surface area contributed by atoms with Crippen LogP contribution in [0.1, 0.15) is 24.0 Å². The zero-order valence-corrected chi connectivity index (χ0v) is 15.5. The lowest BCUT2D eigenvalue weighted by Gasteiger charge is -2.24. The molecule has 5 heteroatoms. The Balaban J connectivity index is 0.00000220. The molecule has 0 aromatic heterocycles. The average Bonchev–Trinajstić information content (AvgIpc) is 2.95. The van der Waals surface area contributed by atoms with Crippen LogP contribution in [0, 0.1) is 6.92 Å². The van der Waals surface area contributed by atoms with Crippen LogP contribution in [-0.4, -0.2) is 44.2 Å². The molecular formula is C16H26IN3O. The molecule has 1 atom stereocenters. The van der Waals surface area contributed by atoms with Crippen molar-refractivity contribution >= 4 is 29.9 Å². The van der Waals surface area contributed by atoms with Gasteiger partial charge in [0.2, 0.25) is 0 Å². The molecule has 1 N–H and O–H groups in total. The second-order valence-electron chi connectivity index (χ2n) is 5.35. The molecule has 4 nitrogen and oxygen atoms in total. The fourth-order valence-corrected chi connectivity index (χ4v) is 2.51. The zero-order chi connectivity index (χ0) is 14.4. The third kappa shape index (κ3) is 5.47. The Morgan fingerprint density at radius 3 is 2.81 bits per heavy atom. The normalized spacial score (nSPS) is 18.2. The molecule has 0 radical (unpaired) electrons. The second-order valence-corrected chi connectivity index (χ2v) is 5.35. The van der Waals surface area contributed by atoms with Crippen LogP contribution in [0.4, 0.5) is 0 Å². The Bertz CT molecular complexity index is 459. The number of aliphatic imine (C=N–C) groups is 1. The summed E-state index contributed by atoms with van der Waals surface area (Å²) in [7, 11) is 3.89. The van der Waals surface area contributed by atoms with Gasteiger partial charge in [0.1, 0.15) is 0 Å². The molecule has 0 saturated carbocycles. The molecule has 0 bridgehead atoms. The van der Waals surface area contributed by atoms with Gasteiger partial charge in [-0.3, -0.25) is 4.99 Å². The number of benzene rings is 1. The van der Waals surface area contributed by atoms with Crippen molar-refractivity contribution in [2.75, 3.05) is 27.2 Å². The quantitative estimate of drug-likeness (QED) is 0.477. The maximum atomic E-state index is 5.63. The van der Waals surface area contributed by atoms with Crippen LogP contribution < -0.4 is 5.32 Å². The molecular weight excluding hydrogens is 377 g/mol. The summed E-state index contributed by atoms with van der Waals surface area (Å²) in [4.78, 5) is 6.50. The summed E-state index contributed by atoms with van der Waals surface area (Å²) < 4.78 is 5.63. The molecule has 1 aliphatic heterocycles. The minimum atomic E-state index is 0. The van der Waals surface area contributed by atoms with Crippen molar-refractivity contribution in [3.05, 3.63) is 35.4 Å². The fourth-order valence-electron chi connectivity index (χ4n) is 2.51. The van der Waals surface area contributed by atoms with Crippen LogP contribution >= 0.6 is 24.0 Å². The molecule has 1 aliphatic rings. The van der Waals surface area contributed by atoms with E-state index in [4.69, 9.17) is 4.74 Å². The van der Waals surface area contributed by atoms with E-state index >= 15 is 0 Å². The van der Waals surface area contributed by atoms with E-state index in [0.717, 1.165) is 32.1 Å². The Morgan fingerprint density at radius 1 is 1.43 bits per heavy atom. The number of hydrogen-bond acceptors (Lipinski definition) is 2. The maximum Gasteiger partial charge on any atom is 0.193 e. The smallest absolute Gasteiger partial charge is 0.193 e. The lowest BCUT2D eigenvalue weighted by atomic mass is 10.1. The number of hydrogen-bond donors (Lipinski definition) is 1. The summed E-state index contributed by atoms with van der Waals surface area (Å²) >= 11 is 0. The summed E-state index contributed by atoms with van der Waals surface area (Å²) in [6.45, 7) is 4.73. The summed E-state index contributed by atoms with van der Waals surface area (Å²) in [6.07, 6.45) is 2.65. The number of nitrogens with zero attached hydrogens (tertiary/aromatic N) is 2. The Hall–Kier alpha value is -0.820. The Kier molecular flexibility index (Phi) is 8.03. The first-order valence-electron chi connectivity index (χ1n) is 7.28. The third-order valence-electron chi connectivity index (χ3n) is 3.75. The molecule has 21 heavy (non-hydrogen) atoms. The highest BCUT2D eigenvalue weighted by atomic mass is 127. The summed E-state index contributed by atoms with van der Waals surface area (Å²) in [6, 6.07) is 8.47. The van der Waals surface area contributed by atoms with Crippen LogP contribution in [0.25, 0.3) is 0 Å². The minimum Gasteiger partial charge on any atom is -0.376 e. The topological polar surface area (TPSA) is 36.9 Å². The van der Waals surface area contributed by atoms with Gasteiger partial charge in [0.05, 0.1) is 6.10 Å². The Labute approximate surface area is 145 Å². The fraction of sp³-hybridized carbons (Fsp3) is 0.562. The van der Waals surface area contributed by atoms with Crippen molar-refractivity contribution in [1.29, 1.82) is 0 Å².